The molecule has 21 heavy (non-hydrogen) atoms. The van der Waals surface area contributed by atoms with Gasteiger partial charge in [-0.1, -0.05) is 41.0 Å². The first-order valence-electron chi connectivity index (χ1n) is 9.30. The summed E-state index contributed by atoms with van der Waals surface area (Å²) in [6.45, 7) is 16.4. The second-order valence-electron chi connectivity index (χ2n) is 8.29. The first kappa shape index (κ1) is 19.0. The normalized spacial score (nSPS) is 28.9. The van der Waals surface area contributed by atoms with Crippen molar-refractivity contribution in [2.45, 2.75) is 92.2 Å². The van der Waals surface area contributed by atoms with Gasteiger partial charge in [0.2, 0.25) is 0 Å². The molecule has 1 aliphatic rings. The number of rotatable bonds is 7. The monoisotopic (exact) mass is 296 g/mol. The molecule has 0 saturated heterocycles. The van der Waals surface area contributed by atoms with Crippen LogP contribution in [0, 0.1) is 17.3 Å². The lowest BCUT2D eigenvalue weighted by Gasteiger charge is -2.48. The van der Waals surface area contributed by atoms with Crippen molar-refractivity contribution < 1.29 is 0 Å². The van der Waals surface area contributed by atoms with Crippen molar-refractivity contribution in [3.8, 4) is 0 Å². The van der Waals surface area contributed by atoms with Crippen molar-refractivity contribution in [3.63, 3.8) is 0 Å². The van der Waals surface area contributed by atoms with E-state index in [0.717, 1.165) is 12.5 Å². The van der Waals surface area contributed by atoms with Crippen LogP contribution in [-0.2, 0) is 0 Å². The molecule has 0 aromatic carbocycles. The van der Waals surface area contributed by atoms with Crippen LogP contribution in [0.25, 0.3) is 0 Å². The van der Waals surface area contributed by atoms with Crippen molar-refractivity contribution in [1.82, 2.24) is 4.90 Å². The van der Waals surface area contributed by atoms with E-state index in [1.807, 2.05) is 0 Å². The van der Waals surface area contributed by atoms with Crippen molar-refractivity contribution in [2.24, 2.45) is 23.0 Å². The molecule has 0 radical (unpaired) electrons. The summed E-state index contributed by atoms with van der Waals surface area (Å²) in [5, 5.41) is 0. The Morgan fingerprint density at radius 3 is 2.33 bits per heavy atom. The Hall–Kier alpha value is -0.0800. The lowest BCUT2D eigenvalue weighted by molar-refractivity contribution is 0.0223. The molecule has 0 heterocycles. The molecule has 0 aromatic heterocycles. The summed E-state index contributed by atoms with van der Waals surface area (Å²) in [6.07, 6.45) is 7.89. The first-order valence-corrected chi connectivity index (χ1v) is 9.30. The van der Waals surface area contributed by atoms with Crippen LogP contribution in [0.15, 0.2) is 0 Å². The molecule has 2 heteroatoms. The van der Waals surface area contributed by atoms with E-state index in [4.69, 9.17) is 5.73 Å². The van der Waals surface area contributed by atoms with Crippen molar-refractivity contribution >= 4 is 0 Å². The zero-order chi connectivity index (χ0) is 16.0. The molecule has 126 valence electrons. The van der Waals surface area contributed by atoms with Crippen LogP contribution in [0.3, 0.4) is 0 Å². The predicted octanol–water partition coefficient (Wildman–Crippen LogP) is 4.68. The van der Waals surface area contributed by atoms with Crippen LogP contribution < -0.4 is 5.73 Å². The van der Waals surface area contributed by atoms with Gasteiger partial charge in [-0.2, -0.15) is 0 Å². The maximum atomic E-state index is 6.13. The zero-order valence-electron chi connectivity index (χ0n) is 15.5. The second-order valence-corrected chi connectivity index (χ2v) is 8.29. The third kappa shape index (κ3) is 5.25. The van der Waals surface area contributed by atoms with Crippen LogP contribution >= 0.6 is 0 Å². The molecule has 0 amide bonds. The summed E-state index contributed by atoms with van der Waals surface area (Å²) < 4.78 is 0. The smallest absolute Gasteiger partial charge is 0.0141 e. The van der Waals surface area contributed by atoms with Gasteiger partial charge in [-0.15, -0.1) is 0 Å². The molecule has 0 aromatic rings. The SMILES string of the molecule is CCCCN(C(C)CC)C1CC(C(C)(C)C)CCC1CN. The van der Waals surface area contributed by atoms with Gasteiger partial charge in [-0.25, -0.2) is 0 Å². The minimum Gasteiger partial charge on any atom is -0.330 e. The van der Waals surface area contributed by atoms with Gasteiger partial charge in [0.1, 0.15) is 0 Å². The van der Waals surface area contributed by atoms with Gasteiger partial charge < -0.3 is 5.73 Å². The maximum absolute atomic E-state index is 6.13. The summed E-state index contributed by atoms with van der Waals surface area (Å²) in [4.78, 5) is 2.80. The molecule has 2 nitrogen and oxygen atoms in total. The highest BCUT2D eigenvalue weighted by Gasteiger charge is 2.38. The standard InChI is InChI=1S/C19H40N2/c1-7-9-12-21(15(3)8-2)18-13-17(19(4,5)6)11-10-16(18)14-20/h15-18H,7-14,20H2,1-6H3. The summed E-state index contributed by atoms with van der Waals surface area (Å²) in [7, 11) is 0. The molecular weight excluding hydrogens is 256 g/mol. The number of unbranched alkanes of at least 4 members (excludes halogenated alkanes) is 1. The molecule has 1 rings (SSSR count). The highest BCUT2D eigenvalue weighted by Crippen LogP contribution is 2.42. The Kier molecular flexibility index (Phi) is 7.70. The molecular formula is C19H40N2. The summed E-state index contributed by atoms with van der Waals surface area (Å²) in [6, 6.07) is 1.39. The van der Waals surface area contributed by atoms with Crippen LogP contribution in [0.4, 0.5) is 0 Å². The van der Waals surface area contributed by atoms with Crippen LogP contribution in [0.2, 0.25) is 0 Å². The molecule has 0 spiro atoms. The summed E-state index contributed by atoms with van der Waals surface area (Å²) in [5.74, 6) is 1.55. The summed E-state index contributed by atoms with van der Waals surface area (Å²) in [5.41, 5.74) is 6.56. The van der Waals surface area contributed by atoms with Crippen molar-refractivity contribution in [1.29, 1.82) is 0 Å². The van der Waals surface area contributed by atoms with E-state index in [2.05, 4.69) is 46.4 Å². The quantitative estimate of drug-likeness (QED) is 0.739. The molecule has 1 aliphatic carbocycles. The average Bonchev–Trinajstić information content (AvgIpc) is 2.46. The Bertz CT molecular complexity index is 282. The Morgan fingerprint density at radius 1 is 1.19 bits per heavy atom. The number of nitrogens with zero attached hydrogens (tertiary/aromatic N) is 1. The van der Waals surface area contributed by atoms with Gasteiger partial charge in [0.15, 0.2) is 0 Å². The fourth-order valence-corrected chi connectivity index (χ4v) is 3.97. The fraction of sp³-hybridized carbons (Fsp3) is 1.00. The lowest BCUT2D eigenvalue weighted by Crippen LogP contribution is -2.51. The van der Waals surface area contributed by atoms with Gasteiger partial charge in [0.25, 0.3) is 0 Å². The molecule has 2 N–H and O–H groups in total. The van der Waals surface area contributed by atoms with E-state index in [0.29, 0.717) is 23.4 Å². The highest BCUT2D eigenvalue weighted by atomic mass is 15.2. The van der Waals surface area contributed by atoms with Gasteiger partial charge in [0.05, 0.1) is 0 Å². The third-order valence-electron chi connectivity index (χ3n) is 5.84. The van der Waals surface area contributed by atoms with Crippen LogP contribution in [0.1, 0.15) is 80.1 Å². The lowest BCUT2D eigenvalue weighted by atomic mass is 9.67. The fourth-order valence-electron chi connectivity index (χ4n) is 3.97. The molecule has 4 atom stereocenters. The number of hydrogen-bond acceptors (Lipinski definition) is 2. The van der Waals surface area contributed by atoms with E-state index < -0.39 is 0 Å². The Balaban J connectivity index is 2.87. The molecule has 4 unspecified atom stereocenters. The average molecular weight is 297 g/mol. The van der Waals surface area contributed by atoms with Crippen LogP contribution in [0.5, 0.6) is 0 Å². The topological polar surface area (TPSA) is 29.3 Å². The molecule has 1 fully saturated rings. The minimum absolute atomic E-state index is 0.434. The van der Waals surface area contributed by atoms with E-state index in [1.165, 1.54) is 45.1 Å². The first-order chi connectivity index (χ1) is 9.85. The zero-order valence-corrected chi connectivity index (χ0v) is 15.5. The Labute approximate surface area is 133 Å². The molecule has 0 bridgehead atoms. The largest absolute Gasteiger partial charge is 0.330 e. The van der Waals surface area contributed by atoms with Gasteiger partial charge in [-0.3, -0.25) is 4.90 Å². The summed E-state index contributed by atoms with van der Waals surface area (Å²) >= 11 is 0. The van der Waals surface area contributed by atoms with Crippen molar-refractivity contribution in [3.05, 3.63) is 0 Å². The van der Waals surface area contributed by atoms with Gasteiger partial charge >= 0.3 is 0 Å². The third-order valence-corrected chi connectivity index (χ3v) is 5.84. The Morgan fingerprint density at radius 2 is 1.86 bits per heavy atom. The van der Waals surface area contributed by atoms with Gasteiger partial charge in [-0.05, 0) is 69.4 Å². The number of hydrogen-bond donors (Lipinski definition) is 1. The second kappa shape index (κ2) is 8.53. The highest BCUT2D eigenvalue weighted by molar-refractivity contribution is 4.92. The van der Waals surface area contributed by atoms with E-state index in [-0.39, 0.29) is 0 Å². The molecule has 1 saturated carbocycles. The van der Waals surface area contributed by atoms with Crippen LogP contribution in [-0.4, -0.2) is 30.1 Å². The molecule has 0 aliphatic heterocycles. The van der Waals surface area contributed by atoms with E-state index >= 15 is 0 Å². The van der Waals surface area contributed by atoms with E-state index in [9.17, 15) is 0 Å². The number of nitrogens with two attached hydrogens (primary N) is 1. The van der Waals surface area contributed by atoms with Gasteiger partial charge in [0, 0.05) is 12.1 Å². The minimum atomic E-state index is 0.434. The predicted molar refractivity (Wildman–Crippen MR) is 94.5 cm³/mol. The van der Waals surface area contributed by atoms with Crippen molar-refractivity contribution in [2.75, 3.05) is 13.1 Å². The maximum Gasteiger partial charge on any atom is 0.0141 e. The van der Waals surface area contributed by atoms with E-state index in [1.54, 1.807) is 0 Å².